The Kier molecular flexibility index (Phi) is 5.30. The minimum Gasteiger partial charge on any atom is -0.493 e. The van der Waals surface area contributed by atoms with Gasteiger partial charge in [-0.15, -0.1) is 0 Å². The summed E-state index contributed by atoms with van der Waals surface area (Å²) in [5.74, 6) is 1.51. The van der Waals surface area contributed by atoms with E-state index in [0.29, 0.717) is 6.61 Å². The summed E-state index contributed by atoms with van der Waals surface area (Å²) in [6.45, 7) is 4.24. The Hall–Kier alpha value is -2.53. The first kappa shape index (κ1) is 17.9. The van der Waals surface area contributed by atoms with Gasteiger partial charge in [0.15, 0.2) is 11.5 Å². The predicted octanol–water partition coefficient (Wildman–Crippen LogP) is 4.30. The van der Waals surface area contributed by atoms with Crippen LogP contribution in [0.3, 0.4) is 0 Å². The van der Waals surface area contributed by atoms with Crippen molar-refractivity contribution in [2.45, 2.75) is 19.3 Å². The van der Waals surface area contributed by atoms with E-state index in [1.165, 1.54) is 25.9 Å². The van der Waals surface area contributed by atoms with Crippen molar-refractivity contribution in [2.75, 3.05) is 45.7 Å². The lowest BCUT2D eigenvalue weighted by Gasteiger charge is -2.17. The van der Waals surface area contributed by atoms with Crippen molar-refractivity contribution in [2.24, 2.45) is 0 Å². The lowest BCUT2D eigenvalue weighted by atomic mass is 10.1. The number of rotatable bonds is 7. The first-order valence-corrected chi connectivity index (χ1v) is 9.73. The quantitative estimate of drug-likeness (QED) is 0.499. The Morgan fingerprint density at radius 3 is 2.63 bits per heavy atom. The van der Waals surface area contributed by atoms with Gasteiger partial charge in [0, 0.05) is 30.4 Å². The maximum absolute atomic E-state index is 6.07. The van der Waals surface area contributed by atoms with Crippen molar-refractivity contribution in [3.63, 3.8) is 0 Å². The van der Waals surface area contributed by atoms with Crippen LogP contribution in [0.25, 0.3) is 21.8 Å². The molecular formula is C22H27N3O2. The summed E-state index contributed by atoms with van der Waals surface area (Å²) in [6.07, 6.45) is 3.67. The number of ether oxygens (including phenoxy) is 2. The summed E-state index contributed by atoms with van der Waals surface area (Å²) < 4.78 is 11.7. The average Bonchev–Trinajstić information content (AvgIpc) is 3.22. The number of pyridine rings is 1. The second-order valence-corrected chi connectivity index (χ2v) is 7.02. The maximum atomic E-state index is 6.07. The monoisotopic (exact) mass is 365 g/mol. The maximum Gasteiger partial charge on any atom is 0.163 e. The zero-order chi connectivity index (χ0) is 18.6. The number of anilines is 1. The molecule has 0 atom stereocenters. The minimum absolute atomic E-state index is 0.685. The standard InChI is InChI=1S/C22H27N3O2/c1-23-22-16-8-3-4-9-18(16)24-19-15-21(20(26-2)14-17(19)22)27-13-7-12-25-10-5-6-11-25/h3-4,8-9,14-15H,5-7,10-13H2,1-2H3,(H,23,24). The SMILES string of the molecule is CNc1c2ccccc2nc2cc(OCCCN3CCCC3)c(OC)cc12. The van der Waals surface area contributed by atoms with Gasteiger partial charge in [0.05, 0.1) is 30.4 Å². The molecule has 1 fully saturated rings. The molecule has 1 N–H and O–H groups in total. The van der Waals surface area contributed by atoms with Gasteiger partial charge in [0.25, 0.3) is 0 Å². The summed E-state index contributed by atoms with van der Waals surface area (Å²) in [5.41, 5.74) is 2.95. The highest BCUT2D eigenvalue weighted by Gasteiger charge is 2.14. The van der Waals surface area contributed by atoms with Gasteiger partial charge in [0.1, 0.15) is 0 Å². The van der Waals surface area contributed by atoms with E-state index in [1.54, 1.807) is 7.11 Å². The number of hydrogen-bond donors (Lipinski definition) is 1. The third-order valence-electron chi connectivity index (χ3n) is 5.29. The van der Waals surface area contributed by atoms with Crippen LogP contribution in [0.2, 0.25) is 0 Å². The van der Waals surface area contributed by atoms with Gasteiger partial charge < -0.3 is 19.7 Å². The van der Waals surface area contributed by atoms with Crippen LogP contribution >= 0.6 is 0 Å². The predicted molar refractivity (Wildman–Crippen MR) is 111 cm³/mol. The molecule has 1 aliphatic rings. The first-order valence-electron chi connectivity index (χ1n) is 9.73. The molecule has 0 spiro atoms. The average molecular weight is 365 g/mol. The normalized spacial score (nSPS) is 14.7. The molecule has 1 saturated heterocycles. The highest BCUT2D eigenvalue weighted by atomic mass is 16.5. The highest BCUT2D eigenvalue weighted by Crippen LogP contribution is 2.37. The fourth-order valence-corrected chi connectivity index (χ4v) is 3.92. The molecule has 0 saturated carbocycles. The molecule has 3 aromatic rings. The molecule has 0 bridgehead atoms. The van der Waals surface area contributed by atoms with Gasteiger partial charge in [-0.2, -0.15) is 0 Å². The number of aromatic nitrogens is 1. The molecule has 2 heterocycles. The summed E-state index contributed by atoms with van der Waals surface area (Å²) in [4.78, 5) is 7.34. The van der Waals surface area contributed by atoms with Crippen LogP contribution in [-0.2, 0) is 0 Å². The van der Waals surface area contributed by atoms with Crippen molar-refractivity contribution < 1.29 is 9.47 Å². The van der Waals surface area contributed by atoms with Crippen LogP contribution < -0.4 is 14.8 Å². The second kappa shape index (κ2) is 8.01. The van der Waals surface area contributed by atoms with Crippen molar-refractivity contribution >= 4 is 27.5 Å². The number of methoxy groups -OCH3 is 1. The molecule has 0 amide bonds. The summed E-state index contributed by atoms with van der Waals surface area (Å²) in [7, 11) is 3.63. The van der Waals surface area contributed by atoms with E-state index in [1.807, 2.05) is 37.4 Å². The van der Waals surface area contributed by atoms with Crippen LogP contribution in [0.1, 0.15) is 19.3 Å². The number of nitrogens with zero attached hydrogens (tertiary/aromatic N) is 2. The summed E-state index contributed by atoms with van der Waals surface area (Å²) in [6, 6.07) is 12.2. The van der Waals surface area contributed by atoms with Gasteiger partial charge in [-0.05, 0) is 44.5 Å². The molecule has 5 heteroatoms. The molecule has 5 nitrogen and oxygen atoms in total. The lowest BCUT2D eigenvalue weighted by molar-refractivity contribution is 0.254. The van der Waals surface area contributed by atoms with Crippen LogP contribution in [0.5, 0.6) is 11.5 Å². The molecule has 1 aromatic heterocycles. The molecule has 0 unspecified atom stereocenters. The van der Waals surface area contributed by atoms with E-state index >= 15 is 0 Å². The zero-order valence-electron chi connectivity index (χ0n) is 16.1. The Morgan fingerprint density at radius 2 is 1.85 bits per heavy atom. The number of fused-ring (bicyclic) bond motifs is 2. The largest absolute Gasteiger partial charge is 0.493 e. The molecule has 27 heavy (non-hydrogen) atoms. The van der Waals surface area contributed by atoms with Gasteiger partial charge in [-0.25, -0.2) is 4.98 Å². The van der Waals surface area contributed by atoms with Gasteiger partial charge >= 0.3 is 0 Å². The summed E-state index contributed by atoms with van der Waals surface area (Å²) in [5, 5.41) is 5.47. The molecule has 0 aliphatic carbocycles. The van der Waals surface area contributed by atoms with E-state index in [9.17, 15) is 0 Å². The summed E-state index contributed by atoms with van der Waals surface area (Å²) >= 11 is 0. The number of nitrogens with one attached hydrogen (secondary N) is 1. The number of para-hydroxylation sites is 1. The molecular weight excluding hydrogens is 338 g/mol. The van der Waals surface area contributed by atoms with Crippen molar-refractivity contribution in [3.8, 4) is 11.5 Å². The highest BCUT2D eigenvalue weighted by molar-refractivity contribution is 6.08. The Labute approximate surface area is 160 Å². The minimum atomic E-state index is 0.685. The van der Waals surface area contributed by atoms with Crippen LogP contribution in [-0.4, -0.2) is 50.3 Å². The Morgan fingerprint density at radius 1 is 1.04 bits per heavy atom. The van der Waals surface area contributed by atoms with Gasteiger partial charge in [0.2, 0.25) is 0 Å². The molecule has 1 aliphatic heterocycles. The number of likely N-dealkylation sites (tertiary alicyclic amines) is 1. The Balaban J connectivity index is 1.61. The molecule has 2 aromatic carbocycles. The van der Waals surface area contributed by atoms with Crippen molar-refractivity contribution in [1.29, 1.82) is 0 Å². The fourth-order valence-electron chi connectivity index (χ4n) is 3.92. The third-order valence-corrected chi connectivity index (χ3v) is 5.29. The topological polar surface area (TPSA) is 46.6 Å². The van der Waals surface area contributed by atoms with Crippen LogP contribution in [0, 0.1) is 0 Å². The van der Waals surface area contributed by atoms with Gasteiger partial charge in [-0.3, -0.25) is 0 Å². The van der Waals surface area contributed by atoms with Crippen LogP contribution in [0.15, 0.2) is 36.4 Å². The number of hydrogen-bond acceptors (Lipinski definition) is 5. The zero-order valence-corrected chi connectivity index (χ0v) is 16.1. The number of benzene rings is 2. The van der Waals surface area contributed by atoms with E-state index in [-0.39, 0.29) is 0 Å². The Bertz CT molecular complexity index is 936. The lowest BCUT2D eigenvalue weighted by Crippen LogP contribution is -2.21. The van der Waals surface area contributed by atoms with Crippen LogP contribution in [0.4, 0.5) is 5.69 Å². The smallest absolute Gasteiger partial charge is 0.163 e. The molecule has 142 valence electrons. The second-order valence-electron chi connectivity index (χ2n) is 7.02. The molecule has 0 radical (unpaired) electrons. The van der Waals surface area contributed by atoms with Gasteiger partial charge in [-0.1, -0.05) is 18.2 Å². The third kappa shape index (κ3) is 3.65. The van der Waals surface area contributed by atoms with E-state index in [4.69, 9.17) is 14.5 Å². The van der Waals surface area contributed by atoms with Crippen molar-refractivity contribution in [1.82, 2.24) is 9.88 Å². The van der Waals surface area contributed by atoms with E-state index in [2.05, 4.69) is 16.3 Å². The van der Waals surface area contributed by atoms with E-state index < -0.39 is 0 Å². The first-order chi connectivity index (χ1) is 13.3. The fraction of sp³-hybridized carbons (Fsp3) is 0.409. The molecule has 4 rings (SSSR count). The van der Waals surface area contributed by atoms with E-state index in [0.717, 1.165) is 52.0 Å². The van der Waals surface area contributed by atoms with Crippen molar-refractivity contribution in [3.05, 3.63) is 36.4 Å².